The number of hydrogen-bond donors (Lipinski definition) is 3. The Hall–Kier alpha value is -1.84. The van der Waals surface area contributed by atoms with Crippen LogP contribution in [0.15, 0.2) is 41.6 Å². The van der Waals surface area contributed by atoms with Gasteiger partial charge in [0.2, 0.25) is 10.0 Å². The summed E-state index contributed by atoms with van der Waals surface area (Å²) in [6.45, 7) is 3.91. The summed E-state index contributed by atoms with van der Waals surface area (Å²) in [5.74, 6) is 1.51. The number of hydrogen-bond acceptors (Lipinski definition) is 7. The summed E-state index contributed by atoms with van der Waals surface area (Å²) >= 11 is 1.41. The van der Waals surface area contributed by atoms with E-state index in [0.29, 0.717) is 16.7 Å². The van der Waals surface area contributed by atoms with E-state index in [1.807, 2.05) is 44.2 Å². The molecule has 0 saturated heterocycles. The van der Waals surface area contributed by atoms with Crippen molar-refractivity contribution in [3.63, 3.8) is 0 Å². The zero-order valence-corrected chi connectivity index (χ0v) is 16.6. The third-order valence-electron chi connectivity index (χ3n) is 3.54. The Morgan fingerprint density at radius 1 is 1.15 bits per heavy atom. The Morgan fingerprint density at radius 3 is 2.38 bits per heavy atom. The SMILES string of the molecule is CC(C)[C@H](CO)Nc1cc(NS(C)(=O)=O)nc(SCc2ccccc2)n1. The van der Waals surface area contributed by atoms with Crippen LogP contribution in [0.4, 0.5) is 11.6 Å². The minimum Gasteiger partial charge on any atom is -0.394 e. The fourth-order valence-corrected chi connectivity index (χ4v) is 3.44. The molecule has 0 unspecified atom stereocenters. The predicted octanol–water partition coefficient (Wildman–Crippen LogP) is 2.57. The van der Waals surface area contributed by atoms with E-state index in [0.717, 1.165) is 11.8 Å². The van der Waals surface area contributed by atoms with Crippen molar-refractivity contribution < 1.29 is 13.5 Å². The predicted molar refractivity (Wildman–Crippen MR) is 106 cm³/mol. The second-order valence-electron chi connectivity index (χ2n) is 6.25. The summed E-state index contributed by atoms with van der Waals surface area (Å²) < 4.78 is 25.5. The third kappa shape index (κ3) is 6.81. The highest BCUT2D eigenvalue weighted by Gasteiger charge is 2.15. The first kappa shape index (κ1) is 20.5. The summed E-state index contributed by atoms with van der Waals surface area (Å²) in [5.41, 5.74) is 1.12. The van der Waals surface area contributed by atoms with Gasteiger partial charge in [0.15, 0.2) is 5.16 Å². The molecule has 3 N–H and O–H groups in total. The lowest BCUT2D eigenvalue weighted by Crippen LogP contribution is -2.30. The molecule has 1 aromatic carbocycles. The van der Waals surface area contributed by atoms with Crippen molar-refractivity contribution in [2.45, 2.75) is 30.8 Å². The number of nitrogens with zero attached hydrogens (tertiary/aromatic N) is 2. The van der Waals surface area contributed by atoms with Crippen molar-refractivity contribution in [2.75, 3.05) is 22.9 Å². The molecule has 2 aromatic rings. The van der Waals surface area contributed by atoms with Crippen LogP contribution < -0.4 is 10.0 Å². The fraction of sp³-hybridized carbons (Fsp3) is 0.412. The van der Waals surface area contributed by atoms with E-state index < -0.39 is 10.0 Å². The number of aromatic nitrogens is 2. The molecule has 142 valence electrons. The van der Waals surface area contributed by atoms with Gasteiger partial charge >= 0.3 is 0 Å². The van der Waals surface area contributed by atoms with Crippen LogP contribution in [0.5, 0.6) is 0 Å². The molecule has 0 amide bonds. The molecule has 0 aliphatic rings. The number of thioether (sulfide) groups is 1. The molecule has 26 heavy (non-hydrogen) atoms. The van der Waals surface area contributed by atoms with E-state index in [1.54, 1.807) is 0 Å². The summed E-state index contributed by atoms with van der Waals surface area (Å²) in [6.07, 6.45) is 1.07. The largest absolute Gasteiger partial charge is 0.394 e. The molecule has 1 aromatic heterocycles. The van der Waals surface area contributed by atoms with Crippen LogP contribution >= 0.6 is 11.8 Å². The zero-order valence-electron chi connectivity index (χ0n) is 15.0. The van der Waals surface area contributed by atoms with Gasteiger partial charge in [-0.2, -0.15) is 0 Å². The quantitative estimate of drug-likeness (QED) is 0.442. The smallest absolute Gasteiger partial charge is 0.230 e. The molecule has 1 heterocycles. The molecule has 0 spiro atoms. The number of sulfonamides is 1. The number of aliphatic hydroxyl groups excluding tert-OH is 1. The van der Waals surface area contributed by atoms with Crippen LogP contribution in [0.25, 0.3) is 0 Å². The van der Waals surface area contributed by atoms with Crippen LogP contribution in [0, 0.1) is 5.92 Å². The number of aliphatic hydroxyl groups is 1. The highest BCUT2D eigenvalue weighted by Crippen LogP contribution is 2.24. The zero-order chi connectivity index (χ0) is 19.2. The van der Waals surface area contributed by atoms with Gasteiger partial charge in [-0.25, -0.2) is 18.4 Å². The van der Waals surface area contributed by atoms with E-state index in [1.165, 1.54) is 17.8 Å². The lowest BCUT2D eigenvalue weighted by atomic mass is 10.1. The average Bonchev–Trinajstić information content (AvgIpc) is 2.57. The standard InChI is InChI=1S/C17H24N4O3S2/c1-12(2)14(10-22)18-15-9-16(21-26(3,23)24)20-17(19-15)25-11-13-7-5-4-6-8-13/h4-9,12,14,22H,10-11H2,1-3H3,(H2,18,19,20,21)/t14-/m0/s1. The van der Waals surface area contributed by atoms with Crippen LogP contribution in [0.2, 0.25) is 0 Å². The molecule has 0 aliphatic heterocycles. The summed E-state index contributed by atoms with van der Waals surface area (Å²) in [4.78, 5) is 8.71. The molecular formula is C17H24N4O3S2. The molecule has 0 saturated carbocycles. The molecular weight excluding hydrogens is 372 g/mol. The van der Waals surface area contributed by atoms with Gasteiger partial charge in [-0.15, -0.1) is 0 Å². The summed E-state index contributed by atoms with van der Waals surface area (Å²) in [6, 6.07) is 11.2. The topological polar surface area (TPSA) is 104 Å². The highest BCUT2D eigenvalue weighted by atomic mass is 32.2. The van der Waals surface area contributed by atoms with Gasteiger partial charge in [0.25, 0.3) is 0 Å². The van der Waals surface area contributed by atoms with Crippen molar-refractivity contribution in [2.24, 2.45) is 5.92 Å². The third-order valence-corrected chi connectivity index (χ3v) is 5.04. The Balaban J connectivity index is 2.24. The Morgan fingerprint density at radius 2 is 1.81 bits per heavy atom. The second kappa shape index (κ2) is 9.20. The Kier molecular flexibility index (Phi) is 7.24. The minimum atomic E-state index is -3.45. The highest BCUT2D eigenvalue weighted by molar-refractivity contribution is 7.98. The number of nitrogens with one attached hydrogen (secondary N) is 2. The van der Waals surface area contributed by atoms with Crippen molar-refractivity contribution >= 4 is 33.4 Å². The first-order chi connectivity index (χ1) is 12.3. The first-order valence-corrected chi connectivity index (χ1v) is 11.1. The monoisotopic (exact) mass is 396 g/mol. The Bertz CT molecular complexity index is 814. The maximum absolute atomic E-state index is 11.6. The van der Waals surface area contributed by atoms with Crippen molar-refractivity contribution in [1.82, 2.24) is 9.97 Å². The molecule has 2 rings (SSSR count). The molecule has 7 nitrogen and oxygen atoms in total. The molecule has 0 fully saturated rings. The summed E-state index contributed by atoms with van der Waals surface area (Å²) in [5, 5.41) is 13.1. The van der Waals surface area contributed by atoms with Gasteiger partial charge < -0.3 is 10.4 Å². The van der Waals surface area contributed by atoms with Crippen molar-refractivity contribution in [3.8, 4) is 0 Å². The van der Waals surface area contributed by atoms with Gasteiger partial charge in [-0.05, 0) is 11.5 Å². The second-order valence-corrected chi connectivity index (χ2v) is 8.94. The molecule has 1 atom stereocenters. The van der Waals surface area contributed by atoms with E-state index >= 15 is 0 Å². The molecule has 0 bridgehead atoms. The lowest BCUT2D eigenvalue weighted by molar-refractivity contribution is 0.249. The number of rotatable bonds is 9. The summed E-state index contributed by atoms with van der Waals surface area (Å²) in [7, 11) is -3.45. The van der Waals surface area contributed by atoms with Crippen LogP contribution in [-0.2, 0) is 15.8 Å². The molecule has 0 radical (unpaired) electrons. The maximum Gasteiger partial charge on any atom is 0.230 e. The van der Waals surface area contributed by atoms with Gasteiger partial charge in [-0.3, -0.25) is 4.72 Å². The minimum absolute atomic E-state index is 0.0526. The van der Waals surface area contributed by atoms with E-state index in [4.69, 9.17) is 0 Å². The average molecular weight is 397 g/mol. The van der Waals surface area contributed by atoms with Crippen molar-refractivity contribution in [3.05, 3.63) is 42.0 Å². The van der Waals surface area contributed by atoms with Crippen LogP contribution in [0.1, 0.15) is 19.4 Å². The van der Waals surface area contributed by atoms with Crippen LogP contribution in [-0.4, -0.2) is 42.4 Å². The van der Waals surface area contributed by atoms with Gasteiger partial charge in [0.1, 0.15) is 11.6 Å². The van der Waals surface area contributed by atoms with E-state index in [2.05, 4.69) is 20.0 Å². The lowest BCUT2D eigenvalue weighted by Gasteiger charge is -2.21. The maximum atomic E-state index is 11.6. The van der Waals surface area contributed by atoms with Gasteiger partial charge in [0, 0.05) is 11.8 Å². The first-order valence-electron chi connectivity index (χ1n) is 8.18. The normalized spacial score (nSPS) is 12.8. The van der Waals surface area contributed by atoms with Crippen molar-refractivity contribution in [1.29, 1.82) is 0 Å². The number of benzene rings is 1. The number of anilines is 2. The van der Waals surface area contributed by atoms with Gasteiger partial charge in [0.05, 0.1) is 18.9 Å². The molecule has 0 aliphatic carbocycles. The van der Waals surface area contributed by atoms with E-state index in [-0.39, 0.29) is 24.4 Å². The van der Waals surface area contributed by atoms with E-state index in [9.17, 15) is 13.5 Å². The fourth-order valence-electron chi connectivity index (χ4n) is 2.14. The van der Waals surface area contributed by atoms with Crippen LogP contribution in [0.3, 0.4) is 0 Å². The Labute approximate surface area is 158 Å². The van der Waals surface area contributed by atoms with Gasteiger partial charge in [-0.1, -0.05) is 55.9 Å². The molecule has 9 heteroatoms.